The topological polar surface area (TPSA) is 65.8 Å². The number of aryl methyl sites for hydroxylation is 1. The maximum Gasteiger partial charge on any atom is 0.246 e. The molecule has 0 spiro atoms. The van der Waals surface area contributed by atoms with E-state index in [2.05, 4.69) is 41.4 Å². The summed E-state index contributed by atoms with van der Waals surface area (Å²) in [5, 5.41) is 6.44. The average Bonchev–Trinajstić information content (AvgIpc) is 3.25. The lowest BCUT2D eigenvalue weighted by molar-refractivity contribution is -0.153. The van der Waals surface area contributed by atoms with Crippen LogP contribution in [0.4, 0.5) is 0 Å². The summed E-state index contributed by atoms with van der Waals surface area (Å²) >= 11 is 0. The highest BCUT2D eigenvalue weighted by molar-refractivity contribution is 5.98. The molecule has 2 unspecified atom stereocenters. The third-order valence-electron chi connectivity index (χ3n) is 7.45. The van der Waals surface area contributed by atoms with Crippen molar-refractivity contribution in [3.8, 4) is 0 Å². The molecule has 2 amide bonds. The van der Waals surface area contributed by atoms with Crippen LogP contribution in [0.2, 0.25) is 0 Å². The van der Waals surface area contributed by atoms with E-state index in [9.17, 15) is 9.59 Å². The maximum atomic E-state index is 13.4. The second-order valence-electron chi connectivity index (χ2n) is 9.54. The molecule has 2 aliphatic heterocycles. The average molecular weight is 504 g/mol. The minimum absolute atomic E-state index is 0. The number of rotatable bonds is 5. The second kappa shape index (κ2) is 9.96. The van der Waals surface area contributed by atoms with E-state index in [1.165, 1.54) is 5.56 Å². The Bertz CT molecular complexity index is 1430. The van der Waals surface area contributed by atoms with Crippen LogP contribution in [0.3, 0.4) is 0 Å². The summed E-state index contributed by atoms with van der Waals surface area (Å²) < 4.78 is 6.07. The van der Waals surface area contributed by atoms with Crippen molar-refractivity contribution in [3.05, 3.63) is 83.6 Å². The number of hydrogen-bond acceptors (Lipinski definition) is 4. The Labute approximate surface area is 216 Å². The van der Waals surface area contributed by atoms with Gasteiger partial charge in [0.15, 0.2) is 0 Å². The summed E-state index contributed by atoms with van der Waals surface area (Å²) in [5.41, 5.74) is 3.17. The first-order chi connectivity index (χ1) is 17.1. The van der Waals surface area contributed by atoms with Crippen molar-refractivity contribution >= 4 is 46.0 Å². The molecule has 1 aromatic heterocycles. The van der Waals surface area contributed by atoms with Crippen LogP contribution in [0.5, 0.6) is 0 Å². The fourth-order valence-electron chi connectivity index (χ4n) is 5.66. The molecular formula is C29H30ClN3O3. The molecule has 0 bridgehead atoms. The third-order valence-corrected chi connectivity index (χ3v) is 7.45. The molecule has 2 atom stereocenters. The Hall–Kier alpha value is -3.35. The smallest absolute Gasteiger partial charge is 0.246 e. The zero-order valence-electron chi connectivity index (χ0n) is 20.3. The molecular weight excluding hydrogens is 474 g/mol. The molecule has 36 heavy (non-hydrogen) atoms. The number of piperazine rings is 2. The summed E-state index contributed by atoms with van der Waals surface area (Å²) in [6.45, 7) is 4.63. The molecule has 2 aliphatic rings. The largest absolute Gasteiger partial charge is 0.461 e. The number of hydrogen-bond donors (Lipinski definition) is 1. The Morgan fingerprint density at radius 2 is 1.69 bits per heavy atom. The summed E-state index contributed by atoms with van der Waals surface area (Å²) in [6.07, 6.45) is 1.32. The van der Waals surface area contributed by atoms with Gasteiger partial charge in [-0.1, -0.05) is 67.6 Å². The van der Waals surface area contributed by atoms with Crippen LogP contribution < -0.4 is 5.32 Å². The fraction of sp³-hybridized carbons (Fsp3) is 0.310. The molecule has 6 rings (SSSR count). The molecule has 186 valence electrons. The number of nitrogens with one attached hydrogen (secondary N) is 1. The fourth-order valence-corrected chi connectivity index (χ4v) is 5.66. The minimum Gasteiger partial charge on any atom is -0.461 e. The van der Waals surface area contributed by atoms with E-state index < -0.39 is 12.1 Å². The van der Waals surface area contributed by atoms with Gasteiger partial charge in [-0.05, 0) is 22.4 Å². The molecule has 2 saturated heterocycles. The lowest BCUT2D eigenvalue weighted by atomic mass is 9.95. The van der Waals surface area contributed by atoms with Crippen LogP contribution in [0.25, 0.3) is 21.7 Å². The molecule has 6 nitrogen and oxygen atoms in total. The highest BCUT2D eigenvalue weighted by Crippen LogP contribution is 2.29. The molecule has 0 saturated carbocycles. The van der Waals surface area contributed by atoms with E-state index in [1.807, 2.05) is 42.5 Å². The van der Waals surface area contributed by atoms with Gasteiger partial charge in [0.1, 0.15) is 23.4 Å². The molecule has 1 N–H and O–H groups in total. The first-order valence-corrected chi connectivity index (χ1v) is 12.4. The van der Waals surface area contributed by atoms with Crippen molar-refractivity contribution in [2.24, 2.45) is 0 Å². The van der Waals surface area contributed by atoms with E-state index in [0.717, 1.165) is 46.0 Å². The number of furan rings is 1. The number of benzene rings is 3. The van der Waals surface area contributed by atoms with Crippen molar-refractivity contribution in [1.29, 1.82) is 0 Å². The van der Waals surface area contributed by atoms with Crippen molar-refractivity contribution in [2.75, 3.05) is 19.6 Å². The standard InChI is InChI=1S/C29H29N3O3.ClH/c1-2-26-23(22-12-5-6-13-27(22)35-26)17-31-14-15-32-25(18-31)28(33)30-24(29(32)34)16-20-10-7-9-19-8-3-4-11-21(19)20;/h3-13,24-25H,2,14-18H2,1H3,(H,30,33);1H. The van der Waals surface area contributed by atoms with Crippen LogP contribution in [-0.2, 0) is 29.0 Å². The number of halogens is 1. The maximum absolute atomic E-state index is 13.4. The van der Waals surface area contributed by atoms with Gasteiger partial charge in [0.25, 0.3) is 0 Å². The Morgan fingerprint density at radius 1 is 0.944 bits per heavy atom. The molecule has 7 heteroatoms. The van der Waals surface area contributed by atoms with Crippen molar-refractivity contribution in [1.82, 2.24) is 15.1 Å². The number of carbonyl (C=O) groups excluding carboxylic acids is 2. The van der Waals surface area contributed by atoms with E-state index >= 15 is 0 Å². The number of amides is 2. The zero-order chi connectivity index (χ0) is 23.9. The van der Waals surface area contributed by atoms with Crippen molar-refractivity contribution in [2.45, 2.75) is 38.4 Å². The van der Waals surface area contributed by atoms with Crippen LogP contribution in [0.15, 0.2) is 71.1 Å². The zero-order valence-corrected chi connectivity index (χ0v) is 21.1. The van der Waals surface area contributed by atoms with Crippen LogP contribution in [0.1, 0.15) is 23.8 Å². The summed E-state index contributed by atoms with van der Waals surface area (Å²) in [6, 6.07) is 21.4. The summed E-state index contributed by atoms with van der Waals surface area (Å²) in [5.74, 6) is 0.949. The first-order valence-electron chi connectivity index (χ1n) is 12.4. The number of carbonyl (C=O) groups is 2. The lowest BCUT2D eigenvalue weighted by Crippen LogP contribution is -2.69. The van der Waals surface area contributed by atoms with Gasteiger partial charge in [-0.25, -0.2) is 0 Å². The number of para-hydroxylation sites is 1. The molecule has 3 aromatic carbocycles. The molecule has 0 radical (unpaired) electrons. The summed E-state index contributed by atoms with van der Waals surface area (Å²) in [7, 11) is 0. The molecule has 4 aromatic rings. The van der Waals surface area contributed by atoms with Crippen LogP contribution in [-0.4, -0.2) is 53.3 Å². The van der Waals surface area contributed by atoms with E-state index in [-0.39, 0.29) is 24.2 Å². The monoisotopic (exact) mass is 503 g/mol. The Kier molecular flexibility index (Phi) is 6.73. The molecule has 3 heterocycles. The Balaban J connectivity index is 0.00000267. The minimum atomic E-state index is -0.527. The number of fused-ring (bicyclic) bond motifs is 3. The lowest BCUT2D eigenvalue weighted by Gasteiger charge is -2.45. The SMILES string of the molecule is CCc1oc2ccccc2c1CN1CCN2C(=O)C(Cc3cccc4ccccc34)NC(=O)C2C1.Cl. The van der Waals surface area contributed by atoms with E-state index in [1.54, 1.807) is 4.90 Å². The van der Waals surface area contributed by atoms with Gasteiger partial charge >= 0.3 is 0 Å². The third kappa shape index (κ3) is 4.25. The van der Waals surface area contributed by atoms with Gasteiger partial charge in [-0.15, -0.1) is 12.4 Å². The van der Waals surface area contributed by atoms with E-state index in [4.69, 9.17) is 4.42 Å². The van der Waals surface area contributed by atoms with Gasteiger partial charge in [0.2, 0.25) is 11.8 Å². The second-order valence-corrected chi connectivity index (χ2v) is 9.54. The van der Waals surface area contributed by atoms with Crippen molar-refractivity contribution in [3.63, 3.8) is 0 Å². The normalized spacial score (nSPS) is 20.3. The quantitative estimate of drug-likeness (QED) is 0.440. The van der Waals surface area contributed by atoms with Gasteiger partial charge in [0.05, 0.1) is 0 Å². The molecule has 0 aliphatic carbocycles. The summed E-state index contributed by atoms with van der Waals surface area (Å²) in [4.78, 5) is 30.7. The van der Waals surface area contributed by atoms with Crippen LogP contribution >= 0.6 is 12.4 Å². The highest BCUT2D eigenvalue weighted by atomic mass is 35.5. The van der Waals surface area contributed by atoms with Crippen LogP contribution in [0, 0.1) is 0 Å². The predicted molar refractivity (Wildman–Crippen MR) is 143 cm³/mol. The first kappa shape index (κ1) is 24.3. The molecule has 2 fully saturated rings. The highest BCUT2D eigenvalue weighted by Gasteiger charge is 2.43. The van der Waals surface area contributed by atoms with Gasteiger partial charge in [-0.3, -0.25) is 14.5 Å². The predicted octanol–water partition coefficient (Wildman–Crippen LogP) is 4.32. The number of nitrogens with zero attached hydrogens (tertiary/aromatic N) is 2. The van der Waals surface area contributed by atoms with Crippen molar-refractivity contribution < 1.29 is 14.0 Å². The van der Waals surface area contributed by atoms with Gasteiger partial charge < -0.3 is 14.6 Å². The van der Waals surface area contributed by atoms with Gasteiger partial charge in [-0.2, -0.15) is 0 Å². The Morgan fingerprint density at radius 3 is 2.53 bits per heavy atom. The van der Waals surface area contributed by atoms with E-state index in [0.29, 0.717) is 26.1 Å². The van der Waals surface area contributed by atoms with Gasteiger partial charge in [0, 0.05) is 50.0 Å².